The van der Waals surface area contributed by atoms with E-state index in [2.05, 4.69) is 40.6 Å². The predicted molar refractivity (Wildman–Crippen MR) is 245 cm³/mol. The predicted octanol–water partition coefficient (Wildman–Crippen LogP) is 11.7. The number of hydrogen-bond acceptors (Lipinski definition) is 10. The van der Waals surface area contributed by atoms with Gasteiger partial charge in [0.2, 0.25) is 5.24 Å². The summed E-state index contributed by atoms with van der Waals surface area (Å²) < 4.78 is 13.5. The van der Waals surface area contributed by atoms with Gasteiger partial charge in [-0.25, -0.2) is 14.3 Å². The molecule has 0 spiro atoms. The maximum Gasteiger partial charge on any atom is 0.410 e. The van der Waals surface area contributed by atoms with Crippen LogP contribution in [0.3, 0.4) is 0 Å². The van der Waals surface area contributed by atoms with Crippen LogP contribution in [0.15, 0.2) is 61.7 Å². The molecule has 2 atom stereocenters. The van der Waals surface area contributed by atoms with Crippen molar-refractivity contribution >= 4 is 80.8 Å². The van der Waals surface area contributed by atoms with Crippen molar-refractivity contribution in [2.45, 2.75) is 105 Å². The third-order valence-electron chi connectivity index (χ3n) is 9.71. The third kappa shape index (κ3) is 14.8. The molecule has 332 valence electrons. The molecule has 6 heterocycles. The van der Waals surface area contributed by atoms with Gasteiger partial charge >= 0.3 is 12.2 Å². The highest BCUT2D eigenvalue weighted by molar-refractivity contribution is 7.16. The highest BCUT2D eigenvalue weighted by Gasteiger charge is 2.35. The lowest BCUT2D eigenvalue weighted by Crippen LogP contribution is -2.32. The lowest BCUT2D eigenvalue weighted by Gasteiger charge is -2.22. The largest absolute Gasteiger partial charge is 0.445 e. The second-order valence-corrected chi connectivity index (χ2v) is 20.7. The molecule has 12 nitrogen and oxygen atoms in total. The Morgan fingerprint density at radius 1 is 0.770 bits per heavy atom. The molecule has 6 rings (SSSR count). The summed E-state index contributed by atoms with van der Waals surface area (Å²) in [6.07, 6.45) is 9.24. The van der Waals surface area contributed by atoms with E-state index < -0.39 is 5.41 Å². The lowest BCUT2D eigenvalue weighted by atomic mass is 9.95. The molecule has 17 heteroatoms. The fraction of sp³-hybridized carbons (Fsp3) is 0.500. The van der Waals surface area contributed by atoms with E-state index in [1.165, 1.54) is 9.56 Å². The summed E-state index contributed by atoms with van der Waals surface area (Å²) in [5, 5.41) is 11.9. The lowest BCUT2D eigenvalue weighted by molar-refractivity contribution is -0.118. The molecular formula is C44H57Cl3N6O6S2. The molecule has 0 aromatic carbocycles. The zero-order valence-electron chi connectivity index (χ0n) is 35.8. The van der Waals surface area contributed by atoms with Crippen LogP contribution in [0.1, 0.15) is 117 Å². The number of thiophene rings is 2. The number of likely N-dealkylation sites (tertiary alicyclic amines) is 2. The molecule has 0 saturated carbocycles. The summed E-state index contributed by atoms with van der Waals surface area (Å²) in [4.78, 5) is 53.7. The molecule has 1 N–H and O–H groups in total. The Balaban J connectivity index is 0.000000236. The van der Waals surface area contributed by atoms with Crippen LogP contribution in [0.25, 0.3) is 0 Å². The summed E-state index contributed by atoms with van der Waals surface area (Å²) in [5.41, 5.74) is 2.62. The smallest absolute Gasteiger partial charge is 0.410 e. The Kier molecular flexibility index (Phi) is 18.7. The number of nitrogens with one attached hydrogen (secondary N) is 1. The monoisotopic (exact) mass is 934 g/mol. The quantitative estimate of drug-likeness (QED) is 0.109. The average molecular weight is 936 g/mol. The normalized spacial score (nSPS) is 16.3. The first kappa shape index (κ1) is 49.7. The van der Waals surface area contributed by atoms with Gasteiger partial charge in [-0.3, -0.25) is 24.5 Å². The van der Waals surface area contributed by atoms with E-state index >= 15 is 0 Å². The van der Waals surface area contributed by atoms with Crippen molar-refractivity contribution < 1.29 is 28.7 Å². The molecule has 2 aliphatic rings. The van der Waals surface area contributed by atoms with Crippen molar-refractivity contribution in [3.8, 4) is 0 Å². The molecule has 0 aliphatic carbocycles. The Morgan fingerprint density at radius 2 is 1.26 bits per heavy atom. The first-order chi connectivity index (χ1) is 28.8. The van der Waals surface area contributed by atoms with Gasteiger partial charge in [0.1, 0.15) is 13.2 Å². The van der Waals surface area contributed by atoms with Gasteiger partial charge in [0, 0.05) is 45.1 Å². The van der Waals surface area contributed by atoms with E-state index in [-0.39, 0.29) is 54.0 Å². The molecule has 0 bridgehead atoms. The van der Waals surface area contributed by atoms with Crippen LogP contribution in [0.4, 0.5) is 9.59 Å². The molecule has 2 aliphatic heterocycles. The number of amides is 2. The van der Waals surface area contributed by atoms with Gasteiger partial charge in [-0.1, -0.05) is 90.1 Å². The Hall–Kier alpha value is -3.95. The number of aromatic amines is 1. The number of ether oxygens (including phenoxy) is 2. The maximum atomic E-state index is 13.1. The molecule has 2 unspecified atom stereocenters. The van der Waals surface area contributed by atoms with E-state index in [0.29, 0.717) is 19.5 Å². The first-order valence-corrected chi connectivity index (χ1v) is 23.0. The number of aryl methyl sites for hydroxylation is 4. The van der Waals surface area contributed by atoms with Crippen molar-refractivity contribution in [2.75, 3.05) is 26.3 Å². The number of nitrogens with zero attached hydrogens (tertiary/aromatic N) is 5. The Labute approximate surface area is 382 Å². The number of carbonyl (C=O) groups is 4. The minimum absolute atomic E-state index is 0.0107. The topological polar surface area (TPSA) is 140 Å². The molecule has 2 fully saturated rings. The van der Waals surface area contributed by atoms with E-state index in [9.17, 15) is 19.2 Å². The van der Waals surface area contributed by atoms with Gasteiger partial charge in [-0.05, 0) is 99.4 Å². The molecule has 2 amide bonds. The Bertz CT molecular complexity index is 2110. The number of halogens is 3. The summed E-state index contributed by atoms with van der Waals surface area (Å²) >= 11 is 20.3. The van der Waals surface area contributed by atoms with Gasteiger partial charge in [0.05, 0.1) is 32.1 Å². The molecule has 4 aromatic rings. The third-order valence-corrected chi connectivity index (χ3v) is 12.9. The highest BCUT2D eigenvalue weighted by Crippen LogP contribution is 2.34. The van der Waals surface area contributed by atoms with E-state index in [0.717, 1.165) is 81.3 Å². The van der Waals surface area contributed by atoms with E-state index in [4.69, 9.17) is 44.3 Å². The fourth-order valence-corrected chi connectivity index (χ4v) is 8.62. The summed E-state index contributed by atoms with van der Waals surface area (Å²) in [6, 6.07) is 11.7. The van der Waals surface area contributed by atoms with Gasteiger partial charge < -0.3 is 9.47 Å². The van der Waals surface area contributed by atoms with Crippen LogP contribution < -0.4 is 0 Å². The zero-order valence-corrected chi connectivity index (χ0v) is 39.7. The van der Waals surface area contributed by atoms with Crippen molar-refractivity contribution in [1.82, 2.24) is 29.8 Å². The molecule has 4 aromatic heterocycles. The fourth-order valence-electron chi connectivity index (χ4n) is 6.45. The van der Waals surface area contributed by atoms with Crippen LogP contribution in [0.5, 0.6) is 0 Å². The van der Waals surface area contributed by atoms with Gasteiger partial charge in [0.15, 0.2) is 0 Å². The van der Waals surface area contributed by atoms with Crippen molar-refractivity contribution in [1.29, 1.82) is 0 Å². The summed E-state index contributed by atoms with van der Waals surface area (Å²) in [5.74, 6) is -0.0632. The van der Waals surface area contributed by atoms with Crippen LogP contribution in [0.2, 0.25) is 8.67 Å². The number of aromatic nitrogens is 4. The van der Waals surface area contributed by atoms with Crippen LogP contribution in [-0.4, -0.2) is 79.4 Å². The standard InChI is InChI=1S/C22H28ClN3O3S.C17H20ClN3O2S.C5H9ClO/c1-5-13-29-21(28)25-12-6-7-18(25)17-14-15(8-9-16-10-11-19(23)30-16)26(24-17)20(27)22(2,3)4;1-2-10-23-17(22)21-9-3-4-15(21)14-11-12(19-20-14)5-6-13-7-8-16(18)24-13;1-5(2,3)4(6)7/h5,10-11,14,18H,1,6-9,12-13H2,2-4H3;2,7-8,11,15H,1,3-6,9-10H2,(H,19,20);1-3H3. The van der Waals surface area contributed by atoms with Crippen LogP contribution in [0, 0.1) is 10.8 Å². The second-order valence-electron chi connectivity index (χ2n) is 16.7. The maximum absolute atomic E-state index is 13.1. The number of hydrogen-bond donors (Lipinski definition) is 1. The van der Waals surface area contributed by atoms with Crippen molar-refractivity contribution in [3.05, 3.63) is 103 Å². The van der Waals surface area contributed by atoms with Gasteiger partial charge in [0.25, 0.3) is 5.91 Å². The Morgan fingerprint density at radius 3 is 1.70 bits per heavy atom. The van der Waals surface area contributed by atoms with Crippen molar-refractivity contribution in [3.63, 3.8) is 0 Å². The van der Waals surface area contributed by atoms with E-state index in [1.54, 1.807) is 65.4 Å². The van der Waals surface area contributed by atoms with Crippen LogP contribution >= 0.6 is 57.5 Å². The summed E-state index contributed by atoms with van der Waals surface area (Å²) in [7, 11) is 0. The number of rotatable bonds is 12. The van der Waals surface area contributed by atoms with Crippen molar-refractivity contribution in [2.24, 2.45) is 10.8 Å². The average Bonchev–Trinajstić information content (AvgIpc) is 4.06. The van der Waals surface area contributed by atoms with E-state index in [1.807, 2.05) is 45.0 Å². The summed E-state index contributed by atoms with van der Waals surface area (Å²) in [6.45, 7) is 19.9. The molecule has 0 radical (unpaired) electrons. The number of H-pyrrole nitrogens is 1. The minimum atomic E-state index is -0.567. The minimum Gasteiger partial charge on any atom is -0.445 e. The van der Waals surface area contributed by atoms with Gasteiger partial charge in [-0.15, -0.1) is 22.7 Å². The highest BCUT2D eigenvalue weighted by atomic mass is 35.5. The molecular weight excluding hydrogens is 879 g/mol. The number of carbonyl (C=O) groups excluding carboxylic acids is 4. The molecule has 61 heavy (non-hydrogen) atoms. The zero-order chi connectivity index (χ0) is 44.9. The molecule has 2 saturated heterocycles. The second kappa shape index (κ2) is 22.9. The van der Waals surface area contributed by atoms with Gasteiger partial charge in [-0.2, -0.15) is 10.2 Å². The SMILES string of the molecule is C=CCOC(=O)N1CCCC1c1cc(CCc2ccc(Cl)s2)[nH]n1.C=CCOC(=O)N1CCCC1c1cc(CCc2ccc(Cl)s2)n(C(=O)C(C)(C)C)n1.CC(C)(C)C(=O)Cl. The first-order valence-electron chi connectivity index (χ1n) is 20.3. The van der Waals surface area contributed by atoms with Crippen LogP contribution in [-0.2, 0) is 40.0 Å².